The molecule has 2 nitrogen and oxygen atoms in total. The maximum atomic E-state index is 12.8. The van der Waals surface area contributed by atoms with Crippen LogP contribution in [-0.2, 0) is 13.0 Å². The summed E-state index contributed by atoms with van der Waals surface area (Å²) in [7, 11) is 0. The molecule has 1 atom stereocenters. The predicted octanol–water partition coefficient (Wildman–Crippen LogP) is 3.77. The molecule has 3 heteroatoms. The lowest BCUT2D eigenvalue weighted by Gasteiger charge is -2.22. The van der Waals surface area contributed by atoms with Gasteiger partial charge in [0.2, 0.25) is 0 Å². The Morgan fingerprint density at radius 1 is 1.15 bits per heavy atom. The Balaban J connectivity index is 1.72. The number of hydrogen-bond donors (Lipinski definition) is 1. The molecule has 3 rings (SSSR count). The molecule has 20 heavy (non-hydrogen) atoms. The van der Waals surface area contributed by atoms with E-state index in [2.05, 4.69) is 0 Å². The molecule has 1 aliphatic rings. The van der Waals surface area contributed by atoms with Gasteiger partial charge in [0.25, 0.3) is 0 Å². The van der Waals surface area contributed by atoms with Crippen molar-refractivity contribution in [3.63, 3.8) is 0 Å². The first-order chi connectivity index (χ1) is 9.72. The highest BCUT2D eigenvalue weighted by Gasteiger charge is 2.18. The average Bonchev–Trinajstić information content (AvgIpc) is 2.47. The predicted molar refractivity (Wildman–Crippen MR) is 75.1 cm³/mol. The molecule has 0 unspecified atom stereocenters. The van der Waals surface area contributed by atoms with Crippen molar-refractivity contribution in [2.75, 3.05) is 0 Å². The lowest BCUT2D eigenvalue weighted by Crippen LogP contribution is -2.09. The molecule has 0 heterocycles. The zero-order valence-corrected chi connectivity index (χ0v) is 11.2. The molecule has 104 valence electrons. The van der Waals surface area contributed by atoms with Crippen molar-refractivity contribution >= 4 is 0 Å². The molecule has 2 aromatic rings. The van der Waals surface area contributed by atoms with Gasteiger partial charge >= 0.3 is 0 Å². The molecule has 0 fully saturated rings. The molecule has 0 aliphatic heterocycles. The Morgan fingerprint density at radius 3 is 2.75 bits per heavy atom. The van der Waals surface area contributed by atoms with Gasteiger partial charge in [0.1, 0.15) is 18.2 Å². The van der Waals surface area contributed by atoms with Crippen molar-refractivity contribution in [2.45, 2.75) is 32.0 Å². The highest BCUT2D eigenvalue weighted by Crippen LogP contribution is 2.32. The van der Waals surface area contributed by atoms with Gasteiger partial charge in [0, 0.05) is 0 Å². The molecule has 0 aromatic heterocycles. The van der Waals surface area contributed by atoms with Crippen LogP contribution in [0.1, 0.15) is 35.6 Å². The summed E-state index contributed by atoms with van der Waals surface area (Å²) in [6.07, 6.45) is 2.48. The van der Waals surface area contributed by atoms with Crippen molar-refractivity contribution in [2.24, 2.45) is 0 Å². The van der Waals surface area contributed by atoms with Crippen LogP contribution in [0.15, 0.2) is 42.5 Å². The topological polar surface area (TPSA) is 29.5 Å². The molecule has 2 aromatic carbocycles. The molecule has 1 N–H and O–H groups in total. The van der Waals surface area contributed by atoms with Gasteiger partial charge in [0.15, 0.2) is 0 Å². The van der Waals surface area contributed by atoms with Gasteiger partial charge in [-0.1, -0.05) is 18.2 Å². The number of benzene rings is 2. The van der Waals surface area contributed by atoms with Gasteiger partial charge in [-0.3, -0.25) is 0 Å². The Morgan fingerprint density at radius 2 is 1.95 bits per heavy atom. The van der Waals surface area contributed by atoms with Crippen LogP contribution in [0, 0.1) is 5.82 Å². The van der Waals surface area contributed by atoms with Crippen molar-refractivity contribution in [3.8, 4) is 5.75 Å². The molecule has 0 saturated carbocycles. The van der Waals surface area contributed by atoms with Crippen LogP contribution < -0.4 is 4.74 Å². The average molecular weight is 272 g/mol. The summed E-state index contributed by atoms with van der Waals surface area (Å²) in [6.45, 7) is 0.398. The van der Waals surface area contributed by atoms with E-state index in [0.29, 0.717) is 6.61 Å². The number of fused-ring (bicyclic) bond motifs is 1. The summed E-state index contributed by atoms with van der Waals surface area (Å²) in [5.74, 6) is 0.500. The fourth-order valence-corrected chi connectivity index (χ4v) is 2.59. The van der Waals surface area contributed by atoms with Gasteiger partial charge in [-0.25, -0.2) is 4.39 Å². The Bertz CT molecular complexity index is 592. The summed E-state index contributed by atoms with van der Waals surface area (Å²) in [5.41, 5.74) is 3.11. The van der Waals surface area contributed by atoms with Crippen LogP contribution in [0.4, 0.5) is 4.39 Å². The lowest BCUT2D eigenvalue weighted by molar-refractivity contribution is 0.156. The van der Waals surface area contributed by atoms with Gasteiger partial charge in [-0.05, 0) is 60.2 Å². The maximum absolute atomic E-state index is 12.8. The zero-order valence-electron chi connectivity index (χ0n) is 11.2. The van der Waals surface area contributed by atoms with Crippen molar-refractivity contribution in [1.29, 1.82) is 0 Å². The van der Waals surface area contributed by atoms with Gasteiger partial charge in [0.05, 0.1) is 6.10 Å². The van der Waals surface area contributed by atoms with Gasteiger partial charge in [-0.2, -0.15) is 0 Å². The molecule has 0 spiro atoms. The van der Waals surface area contributed by atoms with Crippen LogP contribution in [-0.4, -0.2) is 5.11 Å². The number of halogens is 1. The Labute approximate surface area is 117 Å². The van der Waals surface area contributed by atoms with Crippen LogP contribution in [0.3, 0.4) is 0 Å². The molecule has 1 aliphatic carbocycles. The second-order valence-corrected chi connectivity index (χ2v) is 5.18. The highest BCUT2D eigenvalue weighted by molar-refractivity contribution is 5.38. The molecular weight excluding hydrogens is 255 g/mol. The van der Waals surface area contributed by atoms with E-state index in [9.17, 15) is 9.50 Å². The second-order valence-electron chi connectivity index (χ2n) is 5.18. The minimum Gasteiger partial charge on any atom is -0.489 e. The third-order valence-electron chi connectivity index (χ3n) is 3.72. The third kappa shape index (κ3) is 2.83. The molecule has 0 saturated heterocycles. The molecule has 0 bridgehead atoms. The summed E-state index contributed by atoms with van der Waals surface area (Å²) >= 11 is 0. The lowest BCUT2D eigenvalue weighted by atomic mass is 9.89. The number of aryl methyl sites for hydroxylation is 1. The standard InChI is InChI=1S/C17H17FO2/c18-14-7-4-12(5-8-14)11-20-15-9-6-13-2-1-3-17(19)16(13)10-15/h4-10,17,19H,1-3,11H2/t17-/m1/s1. The first kappa shape index (κ1) is 13.1. The van der Waals surface area contributed by atoms with E-state index in [4.69, 9.17) is 4.74 Å². The fraction of sp³-hybridized carbons (Fsp3) is 0.294. The largest absolute Gasteiger partial charge is 0.489 e. The summed E-state index contributed by atoms with van der Waals surface area (Å²) in [4.78, 5) is 0. The number of ether oxygens (including phenoxy) is 1. The van der Waals surface area contributed by atoms with Crippen LogP contribution >= 0.6 is 0 Å². The van der Waals surface area contributed by atoms with E-state index in [-0.39, 0.29) is 11.9 Å². The number of hydrogen-bond acceptors (Lipinski definition) is 2. The monoisotopic (exact) mass is 272 g/mol. The Kier molecular flexibility index (Phi) is 3.70. The van der Waals surface area contributed by atoms with Crippen molar-refractivity contribution in [1.82, 2.24) is 0 Å². The third-order valence-corrected chi connectivity index (χ3v) is 3.72. The molecular formula is C17H17FO2. The molecule has 0 amide bonds. The first-order valence-corrected chi connectivity index (χ1v) is 6.90. The van der Waals surface area contributed by atoms with Crippen molar-refractivity contribution in [3.05, 3.63) is 65.0 Å². The number of rotatable bonds is 3. The second kappa shape index (κ2) is 5.63. The highest BCUT2D eigenvalue weighted by atomic mass is 19.1. The zero-order chi connectivity index (χ0) is 13.9. The van der Waals surface area contributed by atoms with E-state index in [1.807, 2.05) is 18.2 Å². The van der Waals surface area contributed by atoms with Crippen LogP contribution in [0.5, 0.6) is 5.75 Å². The number of aliphatic hydroxyl groups excluding tert-OH is 1. The smallest absolute Gasteiger partial charge is 0.123 e. The van der Waals surface area contributed by atoms with Gasteiger partial charge in [-0.15, -0.1) is 0 Å². The Hall–Kier alpha value is -1.87. The number of aliphatic hydroxyl groups is 1. The van der Waals surface area contributed by atoms with E-state index >= 15 is 0 Å². The summed E-state index contributed by atoms with van der Waals surface area (Å²) in [5, 5.41) is 10.0. The summed E-state index contributed by atoms with van der Waals surface area (Å²) < 4.78 is 18.5. The summed E-state index contributed by atoms with van der Waals surface area (Å²) in [6, 6.07) is 12.1. The SMILES string of the molecule is O[C@@H]1CCCc2ccc(OCc3ccc(F)cc3)cc21. The van der Waals surface area contributed by atoms with E-state index in [1.165, 1.54) is 17.7 Å². The quantitative estimate of drug-likeness (QED) is 0.921. The minimum atomic E-state index is -0.381. The van der Waals surface area contributed by atoms with Crippen LogP contribution in [0.2, 0.25) is 0 Å². The van der Waals surface area contributed by atoms with E-state index < -0.39 is 0 Å². The normalized spacial score (nSPS) is 17.6. The van der Waals surface area contributed by atoms with Crippen LogP contribution in [0.25, 0.3) is 0 Å². The minimum absolute atomic E-state index is 0.245. The molecule has 0 radical (unpaired) electrons. The fourth-order valence-electron chi connectivity index (χ4n) is 2.59. The van der Waals surface area contributed by atoms with E-state index in [1.54, 1.807) is 12.1 Å². The first-order valence-electron chi connectivity index (χ1n) is 6.90. The maximum Gasteiger partial charge on any atom is 0.123 e. The van der Waals surface area contributed by atoms with E-state index in [0.717, 1.165) is 36.1 Å². The van der Waals surface area contributed by atoms with Crippen molar-refractivity contribution < 1.29 is 14.2 Å². The van der Waals surface area contributed by atoms with Gasteiger partial charge < -0.3 is 9.84 Å².